The predicted molar refractivity (Wildman–Crippen MR) is 103 cm³/mol. The van der Waals surface area contributed by atoms with Crippen LogP contribution in [-0.2, 0) is 10.3 Å². The van der Waals surface area contributed by atoms with Crippen LogP contribution in [0.5, 0.6) is 0 Å². The number of aliphatic hydroxyl groups excluding tert-OH is 1. The van der Waals surface area contributed by atoms with Crippen LogP contribution in [0.15, 0.2) is 24.3 Å². The number of ether oxygens (including phenoxy) is 1. The smallest absolute Gasteiger partial charge is 0.410 e. The molecular formula is C20H27NO4S. The Morgan fingerprint density at radius 1 is 1.27 bits per heavy atom. The summed E-state index contributed by atoms with van der Waals surface area (Å²) in [6.07, 6.45) is -0.141. The summed E-state index contributed by atoms with van der Waals surface area (Å²) in [6.45, 7) is 8.13. The van der Waals surface area contributed by atoms with Crippen LogP contribution in [0.3, 0.4) is 0 Å². The van der Waals surface area contributed by atoms with E-state index in [0.29, 0.717) is 25.9 Å². The van der Waals surface area contributed by atoms with E-state index in [2.05, 4.69) is 0 Å². The molecule has 5 nitrogen and oxygen atoms in total. The summed E-state index contributed by atoms with van der Waals surface area (Å²) < 4.78 is 6.49. The number of fused-ring (bicyclic) bond motifs is 1. The third-order valence-corrected chi connectivity index (χ3v) is 6.10. The van der Waals surface area contributed by atoms with E-state index in [1.807, 2.05) is 45.0 Å². The molecule has 1 aliphatic rings. The largest absolute Gasteiger partial charge is 0.444 e. The minimum absolute atomic E-state index is 0.341. The molecule has 0 aliphatic carbocycles. The summed E-state index contributed by atoms with van der Waals surface area (Å²) in [5.74, 6) is 0. The number of carbonyl (C=O) groups excluding carboxylic acids is 1. The Morgan fingerprint density at radius 3 is 2.46 bits per heavy atom. The lowest BCUT2D eigenvalue weighted by Gasteiger charge is -2.38. The van der Waals surface area contributed by atoms with Gasteiger partial charge in [-0.3, -0.25) is 0 Å². The molecule has 2 aromatic rings. The van der Waals surface area contributed by atoms with Crippen LogP contribution >= 0.6 is 11.3 Å². The number of aliphatic hydroxyl groups is 2. The Morgan fingerprint density at radius 2 is 1.88 bits per heavy atom. The van der Waals surface area contributed by atoms with Crippen LogP contribution in [0.4, 0.5) is 4.79 Å². The maximum absolute atomic E-state index is 12.3. The Labute approximate surface area is 158 Å². The molecule has 1 aliphatic heterocycles. The van der Waals surface area contributed by atoms with E-state index in [-0.39, 0.29) is 6.09 Å². The van der Waals surface area contributed by atoms with Gasteiger partial charge in [0.1, 0.15) is 11.2 Å². The number of hydrogen-bond acceptors (Lipinski definition) is 5. The SMILES string of the molecule is CC(O)c1c(C2(O)CCN(C(=O)OC(C)(C)C)CC2)sc2ccccc12. The maximum Gasteiger partial charge on any atom is 0.410 e. The number of likely N-dealkylation sites (tertiary alicyclic amines) is 1. The molecule has 1 saturated heterocycles. The quantitative estimate of drug-likeness (QED) is 0.824. The fraction of sp³-hybridized carbons (Fsp3) is 0.550. The fourth-order valence-electron chi connectivity index (χ4n) is 3.44. The van der Waals surface area contributed by atoms with Gasteiger partial charge in [-0.15, -0.1) is 11.3 Å². The van der Waals surface area contributed by atoms with Crippen LogP contribution in [0, 0.1) is 0 Å². The number of thiophene rings is 1. The van der Waals surface area contributed by atoms with Gasteiger partial charge in [0.25, 0.3) is 0 Å². The summed E-state index contributed by atoms with van der Waals surface area (Å²) in [5, 5.41) is 22.6. The van der Waals surface area contributed by atoms with Gasteiger partial charge in [0, 0.05) is 28.2 Å². The fourth-order valence-corrected chi connectivity index (χ4v) is 4.88. The third-order valence-electron chi connectivity index (χ3n) is 4.72. The summed E-state index contributed by atoms with van der Waals surface area (Å²) in [4.78, 5) is 14.7. The van der Waals surface area contributed by atoms with Crippen molar-refractivity contribution in [3.05, 3.63) is 34.7 Å². The molecule has 142 valence electrons. The van der Waals surface area contributed by atoms with Crippen LogP contribution in [0.1, 0.15) is 57.1 Å². The topological polar surface area (TPSA) is 70.0 Å². The minimum Gasteiger partial charge on any atom is -0.444 e. The molecule has 0 radical (unpaired) electrons. The number of benzene rings is 1. The molecule has 0 saturated carbocycles. The zero-order valence-corrected chi connectivity index (χ0v) is 16.6. The van der Waals surface area contributed by atoms with Gasteiger partial charge in [0.2, 0.25) is 0 Å². The molecule has 6 heteroatoms. The lowest BCUT2D eigenvalue weighted by Crippen LogP contribution is -2.46. The highest BCUT2D eigenvalue weighted by molar-refractivity contribution is 7.19. The number of amides is 1. The number of rotatable bonds is 2. The summed E-state index contributed by atoms with van der Waals surface area (Å²) in [5.41, 5.74) is -0.761. The number of hydrogen-bond donors (Lipinski definition) is 2. The minimum atomic E-state index is -1.03. The molecule has 1 fully saturated rings. The first-order valence-electron chi connectivity index (χ1n) is 9.01. The molecule has 26 heavy (non-hydrogen) atoms. The van der Waals surface area contributed by atoms with Crippen molar-refractivity contribution in [2.45, 2.75) is 57.8 Å². The second kappa shape index (κ2) is 6.83. The van der Waals surface area contributed by atoms with E-state index in [0.717, 1.165) is 20.5 Å². The van der Waals surface area contributed by atoms with Crippen LogP contribution in [-0.4, -0.2) is 39.9 Å². The lowest BCUT2D eigenvalue weighted by atomic mass is 9.86. The molecule has 0 spiro atoms. The molecule has 2 N–H and O–H groups in total. The standard InChI is InChI=1S/C20H27NO4S/c1-13(22)16-14-7-5-6-8-15(14)26-17(16)20(24)9-11-21(12-10-20)18(23)25-19(2,3)4/h5-8,13,22,24H,9-12H2,1-4H3. The molecule has 0 bridgehead atoms. The second-order valence-corrected chi connectivity index (χ2v) is 9.07. The molecule has 1 atom stereocenters. The van der Waals surface area contributed by atoms with E-state index in [9.17, 15) is 15.0 Å². The summed E-state index contributed by atoms with van der Waals surface area (Å²) >= 11 is 1.53. The van der Waals surface area contributed by atoms with Gasteiger partial charge in [-0.25, -0.2) is 4.79 Å². The third kappa shape index (κ3) is 3.72. The number of carbonyl (C=O) groups is 1. The molecule has 1 aromatic carbocycles. The molecule has 3 rings (SSSR count). The average molecular weight is 378 g/mol. The Bertz CT molecular complexity index is 798. The van der Waals surface area contributed by atoms with E-state index >= 15 is 0 Å². The van der Waals surface area contributed by atoms with Crippen molar-refractivity contribution in [1.82, 2.24) is 4.90 Å². The predicted octanol–water partition coefficient (Wildman–Crippen LogP) is 4.17. The van der Waals surface area contributed by atoms with E-state index in [4.69, 9.17) is 4.74 Å². The van der Waals surface area contributed by atoms with Crippen molar-refractivity contribution < 1.29 is 19.7 Å². The van der Waals surface area contributed by atoms with Crippen molar-refractivity contribution in [1.29, 1.82) is 0 Å². The van der Waals surface area contributed by atoms with Gasteiger partial charge in [-0.1, -0.05) is 18.2 Å². The van der Waals surface area contributed by atoms with Crippen LogP contribution in [0.2, 0.25) is 0 Å². The zero-order valence-electron chi connectivity index (χ0n) is 15.8. The Kier molecular flexibility index (Phi) is 5.03. The van der Waals surface area contributed by atoms with Crippen molar-refractivity contribution >= 4 is 27.5 Å². The second-order valence-electron chi connectivity index (χ2n) is 8.02. The Balaban J connectivity index is 1.84. The lowest BCUT2D eigenvalue weighted by molar-refractivity contribution is -0.0347. The van der Waals surface area contributed by atoms with Crippen molar-refractivity contribution in [2.75, 3.05) is 13.1 Å². The van der Waals surface area contributed by atoms with Gasteiger partial charge >= 0.3 is 6.09 Å². The first kappa shape index (κ1) is 19.1. The summed E-state index contributed by atoms with van der Waals surface area (Å²) in [6, 6.07) is 7.90. The highest BCUT2D eigenvalue weighted by Crippen LogP contribution is 2.45. The first-order valence-corrected chi connectivity index (χ1v) is 9.83. The number of nitrogens with zero attached hydrogens (tertiary/aromatic N) is 1. The Hall–Kier alpha value is -1.63. The van der Waals surface area contributed by atoms with Gasteiger partial charge in [0.05, 0.1) is 6.10 Å². The van der Waals surface area contributed by atoms with Crippen molar-refractivity contribution in [3.63, 3.8) is 0 Å². The van der Waals surface area contributed by atoms with E-state index < -0.39 is 17.3 Å². The van der Waals surface area contributed by atoms with E-state index in [1.165, 1.54) is 11.3 Å². The van der Waals surface area contributed by atoms with Crippen molar-refractivity contribution in [2.24, 2.45) is 0 Å². The highest BCUT2D eigenvalue weighted by atomic mass is 32.1. The van der Waals surface area contributed by atoms with Gasteiger partial charge in [-0.2, -0.15) is 0 Å². The summed E-state index contributed by atoms with van der Waals surface area (Å²) in [7, 11) is 0. The van der Waals surface area contributed by atoms with Crippen LogP contribution in [0.25, 0.3) is 10.1 Å². The molecule has 1 amide bonds. The van der Waals surface area contributed by atoms with Gasteiger partial charge in [0.15, 0.2) is 0 Å². The first-order chi connectivity index (χ1) is 12.1. The van der Waals surface area contributed by atoms with Gasteiger partial charge < -0.3 is 19.8 Å². The maximum atomic E-state index is 12.3. The number of piperidine rings is 1. The normalized spacial score (nSPS) is 18.8. The van der Waals surface area contributed by atoms with E-state index in [1.54, 1.807) is 11.8 Å². The molecule has 2 heterocycles. The monoisotopic (exact) mass is 377 g/mol. The average Bonchev–Trinajstić information content (AvgIpc) is 2.94. The zero-order chi connectivity index (χ0) is 19.1. The highest BCUT2D eigenvalue weighted by Gasteiger charge is 2.40. The molecular weight excluding hydrogens is 350 g/mol. The van der Waals surface area contributed by atoms with Gasteiger partial charge in [-0.05, 0) is 52.0 Å². The molecule has 1 aromatic heterocycles. The molecule has 1 unspecified atom stereocenters. The van der Waals surface area contributed by atoms with Crippen LogP contribution < -0.4 is 0 Å². The van der Waals surface area contributed by atoms with Crippen molar-refractivity contribution in [3.8, 4) is 0 Å².